The van der Waals surface area contributed by atoms with Gasteiger partial charge in [-0.25, -0.2) is 0 Å². The number of ether oxygens (including phenoxy) is 1. The molecule has 1 spiro atoms. The van der Waals surface area contributed by atoms with E-state index in [0.29, 0.717) is 6.54 Å². The molecule has 1 fully saturated rings. The van der Waals surface area contributed by atoms with Crippen LogP contribution in [0.25, 0.3) is 0 Å². The Balaban J connectivity index is 1.71. The SMILES string of the molecule is Cc1cc2c(cc1C)OC1(CC2)CCN(CCC(=O)O)C1. The highest BCUT2D eigenvalue weighted by Gasteiger charge is 2.42. The number of carboxylic acid groups (broad SMARTS) is 1. The molecule has 0 aromatic heterocycles. The van der Waals surface area contributed by atoms with E-state index in [4.69, 9.17) is 9.84 Å². The summed E-state index contributed by atoms with van der Waals surface area (Å²) in [6, 6.07) is 4.40. The minimum atomic E-state index is -0.725. The normalized spacial score (nSPS) is 24.9. The lowest BCUT2D eigenvalue weighted by Gasteiger charge is -2.36. The molecule has 1 aromatic rings. The smallest absolute Gasteiger partial charge is 0.304 e. The number of carbonyl (C=O) groups is 1. The van der Waals surface area contributed by atoms with Crippen molar-refractivity contribution in [2.45, 2.75) is 45.1 Å². The molecule has 4 nitrogen and oxygen atoms in total. The van der Waals surface area contributed by atoms with E-state index in [2.05, 4.69) is 30.9 Å². The molecule has 0 aliphatic carbocycles. The number of benzene rings is 1. The summed E-state index contributed by atoms with van der Waals surface area (Å²) in [5.74, 6) is 0.307. The first kappa shape index (κ1) is 14.4. The molecule has 2 aliphatic heterocycles. The standard InChI is InChI=1S/C17H23NO3/c1-12-9-14-3-5-17(21-15(14)10-13(12)2)6-8-18(11-17)7-4-16(19)20/h9-10H,3-8,11H2,1-2H3,(H,19,20). The van der Waals surface area contributed by atoms with Gasteiger partial charge in [0.1, 0.15) is 11.4 Å². The molecule has 0 radical (unpaired) electrons. The number of carboxylic acids is 1. The average molecular weight is 289 g/mol. The molecule has 0 saturated carbocycles. The van der Waals surface area contributed by atoms with Gasteiger partial charge in [-0.15, -0.1) is 0 Å². The van der Waals surface area contributed by atoms with Gasteiger partial charge in [-0.3, -0.25) is 9.69 Å². The zero-order valence-electron chi connectivity index (χ0n) is 12.8. The molecular formula is C17H23NO3. The highest BCUT2D eigenvalue weighted by atomic mass is 16.5. The lowest BCUT2D eigenvalue weighted by molar-refractivity contribution is -0.137. The van der Waals surface area contributed by atoms with Gasteiger partial charge in [-0.2, -0.15) is 0 Å². The van der Waals surface area contributed by atoms with Crippen LogP contribution >= 0.6 is 0 Å². The Morgan fingerprint density at radius 3 is 2.86 bits per heavy atom. The Labute approximate surface area is 125 Å². The van der Waals surface area contributed by atoms with E-state index in [-0.39, 0.29) is 12.0 Å². The van der Waals surface area contributed by atoms with E-state index in [0.717, 1.165) is 38.1 Å². The summed E-state index contributed by atoms with van der Waals surface area (Å²) in [5, 5.41) is 8.80. The number of hydrogen-bond acceptors (Lipinski definition) is 3. The first-order chi connectivity index (χ1) is 9.97. The summed E-state index contributed by atoms with van der Waals surface area (Å²) >= 11 is 0. The van der Waals surface area contributed by atoms with Crippen LogP contribution in [0, 0.1) is 13.8 Å². The molecule has 1 N–H and O–H groups in total. The van der Waals surface area contributed by atoms with Crippen LogP contribution in [0.15, 0.2) is 12.1 Å². The van der Waals surface area contributed by atoms with E-state index in [1.165, 1.54) is 16.7 Å². The summed E-state index contributed by atoms with van der Waals surface area (Å²) in [6.07, 6.45) is 3.30. The zero-order chi connectivity index (χ0) is 15.0. The molecule has 0 bridgehead atoms. The van der Waals surface area contributed by atoms with Crippen LogP contribution in [-0.4, -0.2) is 41.2 Å². The molecule has 1 atom stereocenters. The third-order valence-electron chi connectivity index (χ3n) is 4.89. The van der Waals surface area contributed by atoms with Crippen molar-refractivity contribution < 1.29 is 14.6 Å². The van der Waals surface area contributed by atoms with Crippen LogP contribution in [0.4, 0.5) is 0 Å². The zero-order valence-corrected chi connectivity index (χ0v) is 12.8. The minimum Gasteiger partial charge on any atom is -0.486 e. The molecule has 2 aliphatic rings. The van der Waals surface area contributed by atoms with Crippen LogP contribution in [0.1, 0.15) is 36.0 Å². The molecule has 1 saturated heterocycles. The van der Waals surface area contributed by atoms with Crippen molar-refractivity contribution >= 4 is 5.97 Å². The molecule has 21 heavy (non-hydrogen) atoms. The number of nitrogens with zero attached hydrogens (tertiary/aromatic N) is 1. The lowest BCUT2D eigenvalue weighted by atomic mass is 9.89. The molecule has 2 heterocycles. The fourth-order valence-corrected chi connectivity index (χ4v) is 3.45. The summed E-state index contributed by atoms with van der Waals surface area (Å²) in [6.45, 7) is 6.68. The highest BCUT2D eigenvalue weighted by molar-refractivity contribution is 5.66. The third kappa shape index (κ3) is 2.91. The van der Waals surface area contributed by atoms with Gasteiger partial charge >= 0.3 is 5.97 Å². The Kier molecular flexibility index (Phi) is 3.66. The maximum atomic E-state index is 10.7. The number of fused-ring (bicyclic) bond motifs is 1. The fraction of sp³-hybridized carbons (Fsp3) is 0.588. The van der Waals surface area contributed by atoms with Gasteiger partial charge in [-0.1, -0.05) is 6.07 Å². The largest absolute Gasteiger partial charge is 0.486 e. The van der Waals surface area contributed by atoms with Crippen LogP contribution in [0.2, 0.25) is 0 Å². The Hall–Kier alpha value is -1.55. The Morgan fingerprint density at radius 1 is 1.33 bits per heavy atom. The van der Waals surface area contributed by atoms with Gasteiger partial charge in [0.15, 0.2) is 0 Å². The van der Waals surface area contributed by atoms with Crippen molar-refractivity contribution in [3.05, 3.63) is 28.8 Å². The van der Waals surface area contributed by atoms with Crippen molar-refractivity contribution in [2.75, 3.05) is 19.6 Å². The van der Waals surface area contributed by atoms with Crippen molar-refractivity contribution in [1.82, 2.24) is 4.90 Å². The van der Waals surface area contributed by atoms with Gasteiger partial charge in [0.25, 0.3) is 0 Å². The topological polar surface area (TPSA) is 49.8 Å². The maximum absolute atomic E-state index is 10.7. The van der Waals surface area contributed by atoms with E-state index < -0.39 is 5.97 Å². The minimum absolute atomic E-state index is 0.104. The Morgan fingerprint density at radius 2 is 2.10 bits per heavy atom. The second-order valence-electron chi connectivity index (χ2n) is 6.50. The summed E-state index contributed by atoms with van der Waals surface area (Å²) in [4.78, 5) is 12.9. The monoisotopic (exact) mass is 289 g/mol. The molecule has 3 rings (SSSR count). The predicted octanol–water partition coefficient (Wildman–Crippen LogP) is 2.55. The van der Waals surface area contributed by atoms with Crippen LogP contribution in [0.5, 0.6) is 5.75 Å². The number of aliphatic carboxylic acids is 1. The Bertz CT molecular complexity index is 569. The van der Waals surface area contributed by atoms with E-state index in [1.54, 1.807) is 0 Å². The third-order valence-corrected chi connectivity index (χ3v) is 4.89. The van der Waals surface area contributed by atoms with Crippen molar-refractivity contribution in [3.63, 3.8) is 0 Å². The predicted molar refractivity (Wildman–Crippen MR) is 80.9 cm³/mol. The van der Waals surface area contributed by atoms with Gasteiger partial charge in [0.2, 0.25) is 0 Å². The molecular weight excluding hydrogens is 266 g/mol. The average Bonchev–Trinajstić information content (AvgIpc) is 2.82. The van der Waals surface area contributed by atoms with Crippen LogP contribution < -0.4 is 4.74 Å². The lowest BCUT2D eigenvalue weighted by Crippen LogP contribution is -2.42. The van der Waals surface area contributed by atoms with Crippen LogP contribution in [0.3, 0.4) is 0 Å². The number of likely N-dealkylation sites (tertiary alicyclic amines) is 1. The van der Waals surface area contributed by atoms with Gasteiger partial charge in [-0.05, 0) is 49.4 Å². The van der Waals surface area contributed by atoms with Crippen LogP contribution in [-0.2, 0) is 11.2 Å². The molecule has 1 unspecified atom stereocenters. The van der Waals surface area contributed by atoms with E-state index in [1.807, 2.05) is 0 Å². The van der Waals surface area contributed by atoms with Gasteiger partial charge in [0, 0.05) is 26.1 Å². The number of aryl methyl sites for hydroxylation is 3. The molecule has 4 heteroatoms. The van der Waals surface area contributed by atoms with Crippen molar-refractivity contribution in [1.29, 1.82) is 0 Å². The van der Waals surface area contributed by atoms with E-state index in [9.17, 15) is 4.79 Å². The summed E-state index contributed by atoms with van der Waals surface area (Å²) < 4.78 is 6.36. The second kappa shape index (κ2) is 5.34. The maximum Gasteiger partial charge on any atom is 0.304 e. The molecule has 114 valence electrons. The van der Waals surface area contributed by atoms with E-state index >= 15 is 0 Å². The summed E-state index contributed by atoms with van der Waals surface area (Å²) in [5.41, 5.74) is 3.80. The first-order valence-electron chi connectivity index (χ1n) is 7.71. The van der Waals surface area contributed by atoms with Crippen molar-refractivity contribution in [3.8, 4) is 5.75 Å². The van der Waals surface area contributed by atoms with Gasteiger partial charge in [0.05, 0.1) is 6.42 Å². The molecule has 1 aromatic carbocycles. The molecule has 0 amide bonds. The quantitative estimate of drug-likeness (QED) is 0.929. The fourth-order valence-electron chi connectivity index (χ4n) is 3.45. The first-order valence-corrected chi connectivity index (χ1v) is 7.71. The number of rotatable bonds is 3. The second-order valence-corrected chi connectivity index (χ2v) is 6.50. The number of hydrogen-bond donors (Lipinski definition) is 1. The highest BCUT2D eigenvalue weighted by Crippen LogP contribution is 2.39. The van der Waals surface area contributed by atoms with Crippen molar-refractivity contribution in [2.24, 2.45) is 0 Å². The summed E-state index contributed by atoms with van der Waals surface area (Å²) in [7, 11) is 0. The van der Waals surface area contributed by atoms with Gasteiger partial charge < -0.3 is 9.84 Å².